The number of hydrogen-bond donors (Lipinski definition) is 2. The normalized spacial score (nSPS) is 14.0. The zero-order chi connectivity index (χ0) is 19.2. The van der Waals surface area contributed by atoms with E-state index in [-0.39, 0.29) is 6.61 Å². The van der Waals surface area contributed by atoms with Crippen molar-refractivity contribution in [2.45, 2.75) is 6.61 Å². The standard InChI is InChI=1S/C19H20FN3O4/c20-16-12-15(21-18(24)27-13-14-4-2-1-3-5-14)6-7-17(16)22-8-10-23(11-9-22)19(25)26/h1-7,12H,8-11,13H2,(H,21,24)(H,25,26). The van der Waals surface area contributed by atoms with Gasteiger partial charge in [0.05, 0.1) is 5.69 Å². The molecule has 142 valence electrons. The quantitative estimate of drug-likeness (QED) is 0.859. The predicted octanol–water partition coefficient (Wildman–Crippen LogP) is 3.37. The average Bonchev–Trinajstić information content (AvgIpc) is 2.67. The molecule has 0 aromatic heterocycles. The Morgan fingerprint density at radius 1 is 1.07 bits per heavy atom. The van der Waals surface area contributed by atoms with E-state index >= 15 is 0 Å². The van der Waals surface area contributed by atoms with Crippen LogP contribution in [0.15, 0.2) is 48.5 Å². The van der Waals surface area contributed by atoms with Gasteiger partial charge in [0.25, 0.3) is 0 Å². The van der Waals surface area contributed by atoms with Crippen LogP contribution in [0.3, 0.4) is 0 Å². The number of anilines is 2. The number of nitrogens with one attached hydrogen (secondary N) is 1. The number of carbonyl (C=O) groups is 2. The number of rotatable bonds is 4. The highest BCUT2D eigenvalue weighted by molar-refractivity contribution is 5.85. The highest BCUT2D eigenvalue weighted by Gasteiger charge is 2.22. The van der Waals surface area contributed by atoms with Crippen molar-refractivity contribution >= 4 is 23.6 Å². The van der Waals surface area contributed by atoms with Gasteiger partial charge in [0.15, 0.2) is 0 Å². The van der Waals surface area contributed by atoms with Crippen molar-refractivity contribution in [2.24, 2.45) is 0 Å². The van der Waals surface area contributed by atoms with E-state index in [9.17, 15) is 14.0 Å². The number of ether oxygens (including phenoxy) is 1. The third-order valence-corrected chi connectivity index (χ3v) is 4.30. The van der Waals surface area contributed by atoms with Crippen molar-refractivity contribution in [3.63, 3.8) is 0 Å². The molecule has 0 unspecified atom stereocenters. The summed E-state index contributed by atoms with van der Waals surface area (Å²) in [6, 6.07) is 13.6. The fourth-order valence-corrected chi connectivity index (χ4v) is 2.86. The van der Waals surface area contributed by atoms with E-state index in [0.717, 1.165) is 5.56 Å². The van der Waals surface area contributed by atoms with Crippen molar-refractivity contribution in [2.75, 3.05) is 36.4 Å². The summed E-state index contributed by atoms with van der Waals surface area (Å²) in [5.41, 5.74) is 1.52. The summed E-state index contributed by atoms with van der Waals surface area (Å²) in [5.74, 6) is -0.486. The second kappa shape index (κ2) is 8.39. The highest BCUT2D eigenvalue weighted by atomic mass is 19.1. The molecule has 2 aromatic carbocycles. The Balaban J connectivity index is 1.55. The fraction of sp³-hybridized carbons (Fsp3) is 0.263. The summed E-state index contributed by atoms with van der Waals surface area (Å²) >= 11 is 0. The Bertz CT molecular complexity index is 808. The van der Waals surface area contributed by atoms with E-state index in [1.54, 1.807) is 17.0 Å². The number of amides is 2. The molecule has 0 aliphatic carbocycles. The van der Waals surface area contributed by atoms with Crippen molar-refractivity contribution in [1.82, 2.24) is 4.90 Å². The van der Waals surface area contributed by atoms with Gasteiger partial charge in [-0.3, -0.25) is 5.32 Å². The number of carbonyl (C=O) groups excluding carboxylic acids is 1. The van der Waals surface area contributed by atoms with Crippen LogP contribution in [0.4, 0.5) is 25.4 Å². The number of benzene rings is 2. The summed E-state index contributed by atoms with van der Waals surface area (Å²) in [6.07, 6.45) is -1.63. The second-order valence-corrected chi connectivity index (χ2v) is 6.11. The first-order valence-corrected chi connectivity index (χ1v) is 8.53. The lowest BCUT2D eigenvalue weighted by atomic mass is 10.2. The molecule has 0 spiro atoms. The van der Waals surface area contributed by atoms with Gasteiger partial charge in [0, 0.05) is 31.9 Å². The minimum absolute atomic E-state index is 0.126. The largest absolute Gasteiger partial charge is 0.465 e. The van der Waals surface area contributed by atoms with Crippen molar-refractivity contribution in [1.29, 1.82) is 0 Å². The van der Waals surface area contributed by atoms with Crippen LogP contribution in [0.25, 0.3) is 0 Å². The third kappa shape index (κ3) is 4.87. The molecule has 0 bridgehead atoms. The molecule has 0 radical (unpaired) electrons. The Hall–Kier alpha value is -3.29. The van der Waals surface area contributed by atoms with Gasteiger partial charge < -0.3 is 19.6 Å². The maximum atomic E-state index is 14.4. The van der Waals surface area contributed by atoms with Crippen LogP contribution in [-0.4, -0.2) is 48.4 Å². The molecule has 0 atom stereocenters. The van der Waals surface area contributed by atoms with Gasteiger partial charge in [0.1, 0.15) is 12.4 Å². The van der Waals surface area contributed by atoms with Crippen LogP contribution in [0.1, 0.15) is 5.56 Å². The molecular formula is C19H20FN3O4. The topological polar surface area (TPSA) is 82.1 Å². The first kappa shape index (κ1) is 18.5. The lowest BCUT2D eigenvalue weighted by molar-refractivity contribution is 0.142. The number of hydrogen-bond acceptors (Lipinski definition) is 4. The predicted molar refractivity (Wildman–Crippen MR) is 98.5 cm³/mol. The Morgan fingerprint density at radius 3 is 2.41 bits per heavy atom. The molecule has 2 aromatic rings. The fourth-order valence-electron chi connectivity index (χ4n) is 2.86. The molecule has 1 aliphatic rings. The molecule has 1 aliphatic heterocycles. The first-order chi connectivity index (χ1) is 13.0. The zero-order valence-electron chi connectivity index (χ0n) is 14.6. The van der Waals surface area contributed by atoms with Crippen LogP contribution < -0.4 is 10.2 Å². The lowest BCUT2D eigenvalue weighted by Gasteiger charge is -2.34. The smallest absolute Gasteiger partial charge is 0.411 e. The Morgan fingerprint density at radius 2 is 1.78 bits per heavy atom. The van der Waals surface area contributed by atoms with Crippen LogP contribution >= 0.6 is 0 Å². The molecule has 3 rings (SSSR count). The molecule has 7 nitrogen and oxygen atoms in total. The average molecular weight is 373 g/mol. The number of piperazine rings is 1. The minimum atomic E-state index is -0.969. The van der Waals surface area contributed by atoms with E-state index in [1.165, 1.54) is 11.0 Å². The van der Waals surface area contributed by atoms with Gasteiger partial charge in [-0.1, -0.05) is 30.3 Å². The van der Waals surface area contributed by atoms with Gasteiger partial charge in [0.2, 0.25) is 0 Å². The summed E-state index contributed by atoms with van der Waals surface area (Å²) < 4.78 is 19.5. The summed E-state index contributed by atoms with van der Waals surface area (Å²) in [6.45, 7) is 1.59. The maximum Gasteiger partial charge on any atom is 0.411 e. The van der Waals surface area contributed by atoms with Crippen LogP contribution in [0.5, 0.6) is 0 Å². The minimum Gasteiger partial charge on any atom is -0.465 e. The van der Waals surface area contributed by atoms with Gasteiger partial charge >= 0.3 is 12.2 Å². The lowest BCUT2D eigenvalue weighted by Crippen LogP contribution is -2.48. The molecule has 1 saturated heterocycles. The van der Waals surface area contributed by atoms with Crippen LogP contribution in [-0.2, 0) is 11.3 Å². The van der Waals surface area contributed by atoms with Crippen LogP contribution in [0.2, 0.25) is 0 Å². The van der Waals surface area contributed by atoms with Gasteiger partial charge in [-0.15, -0.1) is 0 Å². The van der Waals surface area contributed by atoms with Crippen molar-refractivity contribution < 1.29 is 23.8 Å². The van der Waals surface area contributed by atoms with Crippen LogP contribution in [0, 0.1) is 5.82 Å². The van der Waals surface area contributed by atoms with E-state index in [1.807, 2.05) is 30.3 Å². The Kier molecular flexibility index (Phi) is 5.75. The van der Waals surface area contributed by atoms with Gasteiger partial charge in [-0.25, -0.2) is 14.0 Å². The monoisotopic (exact) mass is 373 g/mol. The summed E-state index contributed by atoms with van der Waals surface area (Å²) in [4.78, 5) is 25.9. The molecule has 27 heavy (non-hydrogen) atoms. The second-order valence-electron chi connectivity index (χ2n) is 6.11. The SMILES string of the molecule is O=C(Nc1ccc(N2CCN(C(=O)O)CC2)c(F)c1)OCc1ccccc1. The number of carboxylic acid groups (broad SMARTS) is 1. The molecular weight excluding hydrogens is 353 g/mol. The molecule has 0 saturated carbocycles. The molecule has 2 N–H and O–H groups in total. The highest BCUT2D eigenvalue weighted by Crippen LogP contribution is 2.24. The van der Waals surface area contributed by atoms with E-state index in [2.05, 4.69) is 5.32 Å². The molecule has 1 heterocycles. The third-order valence-electron chi connectivity index (χ3n) is 4.30. The summed E-state index contributed by atoms with van der Waals surface area (Å²) in [5, 5.41) is 11.5. The van der Waals surface area contributed by atoms with Gasteiger partial charge in [-0.05, 0) is 23.8 Å². The Labute approximate surface area is 156 Å². The molecule has 2 amide bonds. The first-order valence-electron chi connectivity index (χ1n) is 8.53. The van der Waals surface area contributed by atoms with E-state index < -0.39 is 18.0 Å². The molecule has 8 heteroatoms. The van der Waals surface area contributed by atoms with Crippen molar-refractivity contribution in [3.05, 3.63) is 59.9 Å². The van der Waals surface area contributed by atoms with E-state index in [4.69, 9.17) is 9.84 Å². The van der Waals surface area contributed by atoms with Crippen molar-refractivity contribution in [3.8, 4) is 0 Å². The number of halogens is 1. The molecule has 1 fully saturated rings. The maximum absolute atomic E-state index is 14.4. The van der Waals surface area contributed by atoms with E-state index in [0.29, 0.717) is 37.6 Å². The number of nitrogens with zero attached hydrogens (tertiary/aromatic N) is 2. The summed E-state index contributed by atoms with van der Waals surface area (Å²) in [7, 11) is 0. The van der Waals surface area contributed by atoms with Gasteiger partial charge in [-0.2, -0.15) is 0 Å². The zero-order valence-corrected chi connectivity index (χ0v) is 14.6.